The second-order valence-corrected chi connectivity index (χ2v) is 6.86. The Morgan fingerprint density at radius 3 is 3.00 bits per heavy atom. The van der Waals surface area contributed by atoms with Crippen LogP contribution in [0.3, 0.4) is 0 Å². The van der Waals surface area contributed by atoms with Crippen LogP contribution in [0.4, 0.5) is 4.39 Å². The average molecular weight is 363 g/mol. The summed E-state index contributed by atoms with van der Waals surface area (Å²) >= 11 is 0. The van der Waals surface area contributed by atoms with E-state index in [9.17, 15) is 9.18 Å². The number of hydrogen-bond donors (Lipinski definition) is 2. The van der Waals surface area contributed by atoms with E-state index < -0.39 is 0 Å². The van der Waals surface area contributed by atoms with Gasteiger partial charge in [0.2, 0.25) is 5.91 Å². The number of hydrogen-bond acceptors (Lipinski definition) is 3. The molecule has 3 N–H and O–H groups in total. The molecule has 0 radical (unpaired) electrons. The zero-order chi connectivity index (χ0) is 18.9. The monoisotopic (exact) mass is 363 g/mol. The molecule has 1 aromatic rings. The summed E-state index contributed by atoms with van der Waals surface area (Å²) in [5, 5.41) is 3.34. The minimum atomic E-state index is -0.227. The number of nitrogens with one attached hydrogen (secondary N) is 1. The summed E-state index contributed by atoms with van der Waals surface area (Å²) in [4.78, 5) is 19.9. The normalized spacial score (nSPS) is 18.6. The number of amides is 1. The van der Waals surface area contributed by atoms with Gasteiger partial charge in [-0.05, 0) is 50.0 Å². The van der Waals surface area contributed by atoms with Gasteiger partial charge in [0.15, 0.2) is 5.96 Å². The van der Waals surface area contributed by atoms with Crippen LogP contribution in [0.25, 0.3) is 0 Å². The van der Waals surface area contributed by atoms with E-state index in [0.29, 0.717) is 6.54 Å². The SMILES string of the molecule is CN=C(NCCCN1CCCC(C(N)=O)C1)N(C)Cc1cccc(F)c1. The summed E-state index contributed by atoms with van der Waals surface area (Å²) in [5.41, 5.74) is 6.33. The number of rotatable bonds is 7. The molecule has 0 bridgehead atoms. The Labute approximate surface area is 155 Å². The Morgan fingerprint density at radius 2 is 2.31 bits per heavy atom. The topological polar surface area (TPSA) is 74.0 Å². The van der Waals surface area contributed by atoms with Crippen molar-refractivity contribution in [1.82, 2.24) is 15.1 Å². The van der Waals surface area contributed by atoms with Gasteiger partial charge in [0.1, 0.15) is 5.82 Å². The third kappa shape index (κ3) is 6.29. The maximum atomic E-state index is 13.3. The van der Waals surface area contributed by atoms with Gasteiger partial charge in [-0.25, -0.2) is 4.39 Å². The second kappa shape index (κ2) is 10.1. The van der Waals surface area contributed by atoms with Gasteiger partial charge in [-0.15, -0.1) is 0 Å². The molecule has 0 aliphatic carbocycles. The molecule has 7 heteroatoms. The summed E-state index contributed by atoms with van der Waals surface area (Å²) in [7, 11) is 3.68. The molecule has 1 atom stereocenters. The van der Waals surface area contributed by atoms with Crippen LogP contribution in [0, 0.1) is 11.7 Å². The Hall–Kier alpha value is -2.15. The van der Waals surface area contributed by atoms with Gasteiger partial charge in [-0.1, -0.05) is 12.1 Å². The molecule has 0 saturated carbocycles. The number of carbonyl (C=O) groups excluding carboxylic acids is 1. The Bertz CT molecular complexity index is 622. The van der Waals surface area contributed by atoms with Crippen LogP contribution in [-0.2, 0) is 11.3 Å². The minimum Gasteiger partial charge on any atom is -0.369 e. The number of guanidine groups is 1. The number of nitrogens with two attached hydrogens (primary N) is 1. The number of carbonyl (C=O) groups is 1. The van der Waals surface area contributed by atoms with Gasteiger partial charge in [0, 0.05) is 33.7 Å². The third-order valence-electron chi connectivity index (χ3n) is 4.72. The molecule has 1 amide bonds. The number of primary amides is 1. The lowest BCUT2D eigenvalue weighted by molar-refractivity contribution is -0.123. The molecule has 1 aliphatic heterocycles. The quantitative estimate of drug-likeness (QED) is 0.437. The number of nitrogens with zero attached hydrogens (tertiary/aromatic N) is 3. The first-order valence-electron chi connectivity index (χ1n) is 9.17. The predicted octanol–water partition coefficient (Wildman–Crippen LogP) is 1.42. The Morgan fingerprint density at radius 1 is 1.50 bits per heavy atom. The first kappa shape index (κ1) is 20.2. The lowest BCUT2D eigenvalue weighted by Gasteiger charge is -2.31. The molecule has 0 aromatic heterocycles. The van der Waals surface area contributed by atoms with Crippen LogP contribution in [-0.4, -0.2) is 61.9 Å². The smallest absolute Gasteiger partial charge is 0.221 e. The van der Waals surface area contributed by atoms with Crippen molar-refractivity contribution >= 4 is 11.9 Å². The molecular weight excluding hydrogens is 333 g/mol. The van der Waals surface area contributed by atoms with Gasteiger partial charge in [0.25, 0.3) is 0 Å². The molecule has 1 fully saturated rings. The van der Waals surface area contributed by atoms with E-state index in [1.807, 2.05) is 18.0 Å². The molecule has 1 saturated heterocycles. The van der Waals surface area contributed by atoms with Crippen LogP contribution in [0.5, 0.6) is 0 Å². The molecule has 1 aromatic carbocycles. The Kier molecular flexibility index (Phi) is 7.84. The zero-order valence-electron chi connectivity index (χ0n) is 15.7. The number of benzene rings is 1. The summed E-state index contributed by atoms with van der Waals surface area (Å²) in [6, 6.07) is 6.60. The van der Waals surface area contributed by atoms with Crippen LogP contribution in [0.1, 0.15) is 24.8 Å². The fraction of sp³-hybridized carbons (Fsp3) is 0.579. The number of likely N-dealkylation sites (tertiary alicyclic amines) is 1. The number of halogens is 1. The first-order chi connectivity index (χ1) is 12.5. The van der Waals surface area contributed by atoms with E-state index in [-0.39, 0.29) is 17.6 Å². The lowest BCUT2D eigenvalue weighted by atomic mass is 9.97. The van der Waals surface area contributed by atoms with Gasteiger partial charge < -0.3 is 20.9 Å². The fourth-order valence-electron chi connectivity index (χ4n) is 3.36. The van der Waals surface area contributed by atoms with Crippen molar-refractivity contribution in [2.75, 3.05) is 40.3 Å². The fourth-order valence-corrected chi connectivity index (χ4v) is 3.36. The third-order valence-corrected chi connectivity index (χ3v) is 4.72. The Balaban J connectivity index is 1.72. The van der Waals surface area contributed by atoms with Crippen molar-refractivity contribution in [1.29, 1.82) is 0 Å². The van der Waals surface area contributed by atoms with E-state index >= 15 is 0 Å². The summed E-state index contributed by atoms with van der Waals surface area (Å²) < 4.78 is 13.3. The van der Waals surface area contributed by atoms with Crippen molar-refractivity contribution in [2.24, 2.45) is 16.6 Å². The maximum absolute atomic E-state index is 13.3. The molecule has 1 aliphatic rings. The summed E-state index contributed by atoms with van der Waals surface area (Å²) in [6.07, 6.45) is 2.89. The van der Waals surface area contributed by atoms with Gasteiger partial charge >= 0.3 is 0 Å². The molecule has 1 heterocycles. The lowest BCUT2D eigenvalue weighted by Crippen LogP contribution is -2.43. The first-order valence-corrected chi connectivity index (χ1v) is 9.17. The van der Waals surface area contributed by atoms with Crippen LogP contribution in [0.15, 0.2) is 29.3 Å². The number of aliphatic imine (C=N–C) groups is 1. The number of piperidine rings is 1. The van der Waals surface area contributed by atoms with Crippen molar-refractivity contribution in [3.05, 3.63) is 35.6 Å². The van der Waals surface area contributed by atoms with E-state index in [1.165, 1.54) is 12.1 Å². The average Bonchev–Trinajstić information content (AvgIpc) is 2.62. The van der Waals surface area contributed by atoms with E-state index in [2.05, 4.69) is 15.2 Å². The standard InChI is InChI=1S/C19H30FN5O/c1-22-19(24(2)13-15-6-3-8-17(20)12-15)23-9-5-11-25-10-4-7-16(14-25)18(21)26/h3,6,8,12,16H,4-5,7,9-11,13-14H2,1-2H3,(H2,21,26)(H,22,23). The molecule has 1 unspecified atom stereocenters. The predicted molar refractivity (Wildman–Crippen MR) is 102 cm³/mol. The van der Waals surface area contributed by atoms with Crippen molar-refractivity contribution in [3.63, 3.8) is 0 Å². The van der Waals surface area contributed by atoms with Gasteiger partial charge in [-0.2, -0.15) is 0 Å². The van der Waals surface area contributed by atoms with Crippen LogP contribution in [0.2, 0.25) is 0 Å². The molecular formula is C19H30FN5O. The van der Waals surface area contributed by atoms with Crippen molar-refractivity contribution in [3.8, 4) is 0 Å². The van der Waals surface area contributed by atoms with Crippen LogP contribution >= 0.6 is 0 Å². The van der Waals surface area contributed by atoms with Crippen LogP contribution < -0.4 is 11.1 Å². The van der Waals surface area contributed by atoms with Gasteiger partial charge in [-0.3, -0.25) is 9.79 Å². The highest BCUT2D eigenvalue weighted by atomic mass is 19.1. The summed E-state index contributed by atoms with van der Waals surface area (Å²) in [5.74, 6) is 0.353. The van der Waals surface area contributed by atoms with Crippen molar-refractivity contribution < 1.29 is 9.18 Å². The zero-order valence-corrected chi connectivity index (χ0v) is 15.7. The molecule has 0 spiro atoms. The van der Waals surface area contributed by atoms with E-state index in [4.69, 9.17) is 5.73 Å². The minimum absolute atomic E-state index is 0.0122. The van der Waals surface area contributed by atoms with E-state index in [1.54, 1.807) is 13.1 Å². The molecule has 144 valence electrons. The second-order valence-electron chi connectivity index (χ2n) is 6.86. The highest BCUT2D eigenvalue weighted by Crippen LogP contribution is 2.15. The van der Waals surface area contributed by atoms with E-state index in [0.717, 1.165) is 57.0 Å². The molecule has 2 rings (SSSR count). The summed E-state index contributed by atoms with van der Waals surface area (Å²) in [6.45, 7) is 4.10. The molecule has 26 heavy (non-hydrogen) atoms. The highest BCUT2D eigenvalue weighted by molar-refractivity contribution is 5.79. The molecule has 6 nitrogen and oxygen atoms in total. The largest absolute Gasteiger partial charge is 0.369 e. The highest BCUT2D eigenvalue weighted by Gasteiger charge is 2.23. The van der Waals surface area contributed by atoms with Crippen molar-refractivity contribution in [2.45, 2.75) is 25.8 Å². The van der Waals surface area contributed by atoms with Gasteiger partial charge in [0.05, 0.1) is 5.92 Å². The maximum Gasteiger partial charge on any atom is 0.221 e.